The Morgan fingerprint density at radius 1 is 1.32 bits per heavy atom. The topological polar surface area (TPSA) is 24.9 Å². The lowest BCUT2D eigenvalue weighted by atomic mass is 10.0. The molecule has 0 spiro atoms. The molecule has 0 bridgehead atoms. The van der Waals surface area contributed by atoms with E-state index >= 15 is 0 Å². The smallest absolute Gasteiger partial charge is 0.123 e. The number of nitrogens with one attached hydrogen (secondary N) is 1. The fourth-order valence-electron chi connectivity index (χ4n) is 1.90. The summed E-state index contributed by atoms with van der Waals surface area (Å²) in [5, 5.41) is 3.33. The molecule has 1 N–H and O–H groups in total. The normalized spacial score (nSPS) is 12.4. The summed E-state index contributed by atoms with van der Waals surface area (Å²) >= 11 is 6.89. The Balaban J connectivity index is 2.45. The largest absolute Gasteiger partial charge is 0.305 e. The minimum Gasteiger partial charge on any atom is -0.305 e. The average Bonchev–Trinajstić information content (AvgIpc) is 2.37. The molecule has 0 aliphatic carbocycles. The average molecular weight is 388 g/mol. The predicted molar refractivity (Wildman–Crippen MR) is 81.6 cm³/mol. The molecule has 1 atom stereocenters. The molecule has 1 heterocycles. The quantitative estimate of drug-likeness (QED) is 0.838. The Hall–Kier alpha value is -0.780. The van der Waals surface area contributed by atoms with Gasteiger partial charge in [0.2, 0.25) is 0 Å². The number of rotatable bonds is 4. The lowest BCUT2D eigenvalue weighted by Crippen LogP contribution is -2.23. The summed E-state index contributed by atoms with van der Waals surface area (Å²) in [6, 6.07) is 8.38. The van der Waals surface area contributed by atoms with E-state index in [1.54, 1.807) is 12.3 Å². The van der Waals surface area contributed by atoms with E-state index in [9.17, 15) is 4.39 Å². The van der Waals surface area contributed by atoms with Crippen LogP contribution in [-0.4, -0.2) is 11.5 Å². The van der Waals surface area contributed by atoms with Crippen LogP contribution in [0.25, 0.3) is 0 Å². The van der Waals surface area contributed by atoms with E-state index in [-0.39, 0.29) is 11.9 Å². The summed E-state index contributed by atoms with van der Waals surface area (Å²) in [6.45, 7) is 2.78. The van der Waals surface area contributed by atoms with Crippen LogP contribution in [0.2, 0.25) is 0 Å². The summed E-state index contributed by atoms with van der Waals surface area (Å²) in [7, 11) is 0. The summed E-state index contributed by atoms with van der Waals surface area (Å²) < 4.78 is 15.2. The monoisotopic (exact) mass is 386 g/mol. The fraction of sp³-hybridized carbons (Fsp3) is 0.214. The molecule has 1 unspecified atom stereocenters. The number of nitrogens with zero attached hydrogens (tertiary/aromatic N) is 1. The molecule has 5 heteroatoms. The highest BCUT2D eigenvalue weighted by molar-refractivity contribution is 9.11. The van der Waals surface area contributed by atoms with Gasteiger partial charge < -0.3 is 5.32 Å². The van der Waals surface area contributed by atoms with E-state index in [1.807, 2.05) is 19.1 Å². The van der Waals surface area contributed by atoms with Gasteiger partial charge in [0.05, 0.1) is 11.7 Å². The lowest BCUT2D eigenvalue weighted by Gasteiger charge is -2.19. The van der Waals surface area contributed by atoms with Gasteiger partial charge in [-0.1, -0.05) is 19.1 Å². The van der Waals surface area contributed by atoms with Crippen molar-refractivity contribution in [2.24, 2.45) is 0 Å². The van der Waals surface area contributed by atoms with Crippen molar-refractivity contribution >= 4 is 31.9 Å². The minimum atomic E-state index is -0.242. The second-order valence-corrected chi connectivity index (χ2v) is 5.84. The van der Waals surface area contributed by atoms with Crippen LogP contribution < -0.4 is 5.32 Å². The van der Waals surface area contributed by atoms with Crippen molar-refractivity contribution in [3.63, 3.8) is 0 Å². The third-order valence-electron chi connectivity index (χ3n) is 2.70. The van der Waals surface area contributed by atoms with Gasteiger partial charge in [-0.2, -0.15) is 0 Å². The van der Waals surface area contributed by atoms with Crippen LogP contribution in [0.15, 0.2) is 45.5 Å². The molecular formula is C14H13Br2FN2. The maximum absolute atomic E-state index is 13.4. The highest BCUT2D eigenvalue weighted by atomic mass is 79.9. The first kappa shape index (κ1) is 14.6. The van der Waals surface area contributed by atoms with Crippen molar-refractivity contribution in [2.75, 3.05) is 6.54 Å². The van der Waals surface area contributed by atoms with Gasteiger partial charge in [-0.3, -0.25) is 4.98 Å². The first-order valence-corrected chi connectivity index (χ1v) is 7.50. The summed E-state index contributed by atoms with van der Waals surface area (Å²) in [5.41, 5.74) is 1.70. The molecule has 100 valence electrons. The van der Waals surface area contributed by atoms with E-state index in [4.69, 9.17) is 0 Å². The lowest BCUT2D eigenvalue weighted by molar-refractivity contribution is 0.593. The minimum absolute atomic E-state index is 0.136. The zero-order chi connectivity index (χ0) is 13.8. The third-order valence-corrected chi connectivity index (χ3v) is 3.77. The van der Waals surface area contributed by atoms with Gasteiger partial charge in [0.1, 0.15) is 5.82 Å². The maximum atomic E-state index is 13.4. The summed E-state index contributed by atoms with van der Waals surface area (Å²) in [5.74, 6) is -0.242. The van der Waals surface area contributed by atoms with Crippen LogP contribution in [0.3, 0.4) is 0 Å². The third kappa shape index (κ3) is 3.61. The number of halogens is 3. The molecule has 0 amide bonds. The molecule has 1 aromatic carbocycles. The molecule has 0 aliphatic heterocycles. The molecular weight excluding hydrogens is 375 g/mol. The van der Waals surface area contributed by atoms with Gasteiger partial charge in [-0.05, 0) is 62.2 Å². The molecule has 0 radical (unpaired) electrons. The molecule has 0 fully saturated rings. The summed E-state index contributed by atoms with van der Waals surface area (Å²) in [6.07, 6.45) is 1.74. The van der Waals surface area contributed by atoms with E-state index in [0.717, 1.165) is 26.7 Å². The second kappa shape index (κ2) is 6.59. The van der Waals surface area contributed by atoms with Crippen molar-refractivity contribution in [3.8, 4) is 0 Å². The van der Waals surface area contributed by atoms with Crippen molar-refractivity contribution in [1.29, 1.82) is 0 Å². The van der Waals surface area contributed by atoms with Gasteiger partial charge in [-0.25, -0.2) is 4.39 Å². The SMILES string of the molecule is CCNC(c1cccc(F)c1)c1ncc(Br)cc1Br. The molecule has 1 aromatic heterocycles. The highest BCUT2D eigenvalue weighted by Crippen LogP contribution is 2.29. The van der Waals surface area contributed by atoms with E-state index in [0.29, 0.717) is 0 Å². The predicted octanol–water partition coefficient (Wildman–Crippen LogP) is 4.44. The van der Waals surface area contributed by atoms with Crippen LogP contribution in [0.1, 0.15) is 24.2 Å². The van der Waals surface area contributed by atoms with E-state index < -0.39 is 0 Å². The Kier molecular flexibility index (Phi) is 5.07. The van der Waals surface area contributed by atoms with Gasteiger partial charge in [0, 0.05) is 15.1 Å². The molecule has 0 saturated heterocycles. The van der Waals surface area contributed by atoms with Gasteiger partial charge in [-0.15, -0.1) is 0 Å². The number of hydrogen-bond donors (Lipinski definition) is 1. The van der Waals surface area contributed by atoms with Crippen molar-refractivity contribution in [3.05, 3.63) is 62.5 Å². The fourth-order valence-corrected chi connectivity index (χ4v) is 3.12. The Bertz CT molecular complexity index is 575. The van der Waals surface area contributed by atoms with Gasteiger partial charge in [0.25, 0.3) is 0 Å². The maximum Gasteiger partial charge on any atom is 0.123 e. The first-order chi connectivity index (χ1) is 9.11. The second-order valence-electron chi connectivity index (χ2n) is 4.07. The molecule has 2 rings (SSSR count). The Morgan fingerprint density at radius 2 is 2.11 bits per heavy atom. The first-order valence-electron chi connectivity index (χ1n) is 5.91. The van der Waals surface area contributed by atoms with Crippen LogP contribution in [0.5, 0.6) is 0 Å². The molecule has 0 aliphatic rings. The number of aromatic nitrogens is 1. The zero-order valence-electron chi connectivity index (χ0n) is 10.3. The highest BCUT2D eigenvalue weighted by Gasteiger charge is 2.18. The van der Waals surface area contributed by atoms with E-state index in [2.05, 4.69) is 42.2 Å². The van der Waals surface area contributed by atoms with Crippen LogP contribution in [0, 0.1) is 5.82 Å². The van der Waals surface area contributed by atoms with Crippen LogP contribution in [0.4, 0.5) is 4.39 Å². The van der Waals surface area contributed by atoms with Crippen molar-refractivity contribution < 1.29 is 4.39 Å². The zero-order valence-corrected chi connectivity index (χ0v) is 13.5. The summed E-state index contributed by atoms with van der Waals surface area (Å²) in [4.78, 5) is 4.42. The molecule has 2 aromatic rings. The van der Waals surface area contributed by atoms with Gasteiger partial charge in [0.15, 0.2) is 0 Å². The Labute approximate surface area is 128 Å². The van der Waals surface area contributed by atoms with Crippen LogP contribution >= 0.6 is 31.9 Å². The van der Waals surface area contributed by atoms with Crippen molar-refractivity contribution in [2.45, 2.75) is 13.0 Å². The standard InChI is InChI=1S/C14H13Br2FN2/c1-2-18-13(9-4-3-5-11(17)6-9)14-12(16)7-10(15)8-19-14/h3-8,13,18H,2H2,1H3. The van der Waals surface area contributed by atoms with Crippen molar-refractivity contribution in [1.82, 2.24) is 10.3 Å². The number of benzene rings is 1. The van der Waals surface area contributed by atoms with Crippen LogP contribution in [-0.2, 0) is 0 Å². The molecule has 2 nitrogen and oxygen atoms in total. The number of pyridine rings is 1. The van der Waals surface area contributed by atoms with E-state index in [1.165, 1.54) is 12.1 Å². The van der Waals surface area contributed by atoms with Gasteiger partial charge >= 0.3 is 0 Å². The Morgan fingerprint density at radius 3 is 2.74 bits per heavy atom. The number of hydrogen-bond acceptors (Lipinski definition) is 2. The molecule has 19 heavy (non-hydrogen) atoms. The molecule has 0 saturated carbocycles.